The Balaban J connectivity index is 1.78. The van der Waals surface area contributed by atoms with Crippen molar-refractivity contribution < 1.29 is 9.18 Å². The van der Waals surface area contributed by atoms with Crippen LogP contribution in [0.15, 0.2) is 48.5 Å². The molecule has 0 unspecified atom stereocenters. The number of halogens is 2. The van der Waals surface area contributed by atoms with Crippen molar-refractivity contribution in [2.24, 2.45) is 0 Å². The van der Waals surface area contributed by atoms with Gasteiger partial charge in [0.2, 0.25) is 5.91 Å². The average molecular weight is 321 g/mol. The van der Waals surface area contributed by atoms with Crippen molar-refractivity contribution in [2.75, 3.05) is 6.54 Å². The van der Waals surface area contributed by atoms with Gasteiger partial charge < -0.3 is 10.6 Å². The lowest BCUT2D eigenvalue weighted by molar-refractivity contribution is -0.120. The van der Waals surface area contributed by atoms with E-state index in [0.717, 1.165) is 5.56 Å². The normalized spacial score (nSPS) is 12.0. The maximum absolute atomic E-state index is 13.4. The highest BCUT2D eigenvalue weighted by atomic mass is 35.5. The molecule has 22 heavy (non-hydrogen) atoms. The average Bonchev–Trinajstić information content (AvgIpc) is 2.52. The molecular weight excluding hydrogens is 303 g/mol. The van der Waals surface area contributed by atoms with Gasteiger partial charge in [0.1, 0.15) is 5.82 Å². The van der Waals surface area contributed by atoms with Gasteiger partial charge in [-0.1, -0.05) is 41.9 Å². The molecule has 1 amide bonds. The fourth-order valence-corrected chi connectivity index (χ4v) is 2.14. The van der Waals surface area contributed by atoms with Crippen LogP contribution in [0.4, 0.5) is 4.39 Å². The standard InChI is InChI=1S/C17H18ClFN2O/c1-12(13-6-8-15(18)9-7-13)20-11-17(22)21-10-14-4-2-3-5-16(14)19/h2-9,12,20H,10-11H2,1H3,(H,21,22)/t12-/m0/s1. The maximum Gasteiger partial charge on any atom is 0.234 e. The second kappa shape index (κ2) is 7.92. The molecule has 5 heteroatoms. The van der Waals surface area contributed by atoms with Crippen LogP contribution in [0.1, 0.15) is 24.1 Å². The first-order valence-electron chi connectivity index (χ1n) is 7.05. The SMILES string of the molecule is C[C@H](NCC(=O)NCc1ccccc1F)c1ccc(Cl)cc1. The zero-order valence-corrected chi connectivity index (χ0v) is 13.0. The maximum atomic E-state index is 13.4. The number of amides is 1. The number of benzene rings is 2. The third-order valence-corrected chi connectivity index (χ3v) is 3.62. The van der Waals surface area contributed by atoms with Crippen molar-refractivity contribution >= 4 is 17.5 Å². The molecule has 0 aliphatic carbocycles. The van der Waals surface area contributed by atoms with Crippen LogP contribution in [-0.4, -0.2) is 12.5 Å². The van der Waals surface area contributed by atoms with E-state index in [-0.39, 0.29) is 30.9 Å². The Bertz CT molecular complexity index is 631. The molecule has 0 saturated carbocycles. The summed E-state index contributed by atoms with van der Waals surface area (Å²) in [6.45, 7) is 2.31. The number of nitrogens with one attached hydrogen (secondary N) is 2. The molecule has 2 N–H and O–H groups in total. The summed E-state index contributed by atoms with van der Waals surface area (Å²) in [7, 11) is 0. The Labute approximate surface area is 134 Å². The second-order valence-electron chi connectivity index (χ2n) is 5.02. The Morgan fingerprint density at radius 1 is 1.18 bits per heavy atom. The van der Waals surface area contributed by atoms with Crippen LogP contribution >= 0.6 is 11.6 Å². The van der Waals surface area contributed by atoms with Gasteiger partial charge in [-0.15, -0.1) is 0 Å². The van der Waals surface area contributed by atoms with E-state index in [2.05, 4.69) is 10.6 Å². The third-order valence-electron chi connectivity index (χ3n) is 3.37. The van der Waals surface area contributed by atoms with E-state index < -0.39 is 0 Å². The van der Waals surface area contributed by atoms with Crippen LogP contribution in [-0.2, 0) is 11.3 Å². The molecule has 0 aliphatic rings. The monoisotopic (exact) mass is 320 g/mol. The summed E-state index contributed by atoms with van der Waals surface area (Å²) >= 11 is 5.84. The molecule has 0 spiro atoms. The number of hydrogen-bond acceptors (Lipinski definition) is 2. The van der Waals surface area contributed by atoms with Crippen LogP contribution in [0.3, 0.4) is 0 Å². The van der Waals surface area contributed by atoms with E-state index in [1.807, 2.05) is 31.2 Å². The highest BCUT2D eigenvalue weighted by Gasteiger charge is 2.08. The van der Waals surface area contributed by atoms with E-state index in [1.54, 1.807) is 18.2 Å². The summed E-state index contributed by atoms with van der Waals surface area (Å²) in [4.78, 5) is 11.8. The zero-order valence-electron chi connectivity index (χ0n) is 12.3. The third kappa shape index (κ3) is 4.83. The van der Waals surface area contributed by atoms with Crippen molar-refractivity contribution in [3.8, 4) is 0 Å². The first-order valence-corrected chi connectivity index (χ1v) is 7.43. The minimum atomic E-state index is -0.315. The van der Waals surface area contributed by atoms with E-state index in [9.17, 15) is 9.18 Å². The minimum Gasteiger partial charge on any atom is -0.351 e. The molecule has 0 bridgehead atoms. The summed E-state index contributed by atoms with van der Waals surface area (Å²) in [5.74, 6) is -0.491. The second-order valence-corrected chi connectivity index (χ2v) is 5.46. The summed E-state index contributed by atoms with van der Waals surface area (Å²) in [6, 6.07) is 13.9. The summed E-state index contributed by atoms with van der Waals surface area (Å²) < 4.78 is 13.4. The van der Waals surface area contributed by atoms with Gasteiger partial charge in [0.25, 0.3) is 0 Å². The van der Waals surface area contributed by atoms with Gasteiger partial charge in [-0.25, -0.2) is 4.39 Å². The van der Waals surface area contributed by atoms with Gasteiger partial charge in [-0.3, -0.25) is 4.79 Å². The molecule has 0 aromatic heterocycles. The van der Waals surface area contributed by atoms with Crippen LogP contribution in [0.25, 0.3) is 0 Å². The fourth-order valence-electron chi connectivity index (χ4n) is 2.01. The number of carbonyl (C=O) groups is 1. The molecule has 2 aromatic carbocycles. The Morgan fingerprint density at radius 2 is 1.86 bits per heavy atom. The van der Waals surface area contributed by atoms with Crippen LogP contribution in [0.5, 0.6) is 0 Å². The largest absolute Gasteiger partial charge is 0.351 e. The number of rotatable bonds is 6. The summed E-state index contributed by atoms with van der Waals surface area (Å²) in [5.41, 5.74) is 1.52. The van der Waals surface area contributed by atoms with Gasteiger partial charge in [-0.2, -0.15) is 0 Å². The molecule has 2 aromatic rings. The molecule has 0 aliphatic heterocycles. The highest BCUT2D eigenvalue weighted by molar-refractivity contribution is 6.30. The van der Waals surface area contributed by atoms with E-state index in [4.69, 9.17) is 11.6 Å². The first-order chi connectivity index (χ1) is 10.6. The van der Waals surface area contributed by atoms with Gasteiger partial charge in [0.15, 0.2) is 0 Å². The molecule has 116 valence electrons. The fraction of sp³-hybridized carbons (Fsp3) is 0.235. The van der Waals surface area contributed by atoms with Crippen molar-refractivity contribution in [3.63, 3.8) is 0 Å². The lowest BCUT2D eigenvalue weighted by Crippen LogP contribution is -2.34. The smallest absolute Gasteiger partial charge is 0.234 e. The molecule has 0 radical (unpaired) electrons. The topological polar surface area (TPSA) is 41.1 Å². The van der Waals surface area contributed by atoms with Crippen LogP contribution in [0.2, 0.25) is 5.02 Å². The predicted molar refractivity (Wildman–Crippen MR) is 86.1 cm³/mol. The van der Waals surface area contributed by atoms with Gasteiger partial charge in [0, 0.05) is 23.2 Å². The number of carbonyl (C=O) groups excluding carboxylic acids is 1. The lowest BCUT2D eigenvalue weighted by atomic mass is 10.1. The minimum absolute atomic E-state index is 0.0245. The van der Waals surface area contributed by atoms with Crippen LogP contribution < -0.4 is 10.6 Å². The Hall–Kier alpha value is -1.91. The van der Waals surface area contributed by atoms with E-state index in [0.29, 0.717) is 10.6 Å². The van der Waals surface area contributed by atoms with Crippen molar-refractivity contribution in [3.05, 3.63) is 70.5 Å². The van der Waals surface area contributed by atoms with Crippen molar-refractivity contribution in [2.45, 2.75) is 19.5 Å². The van der Waals surface area contributed by atoms with Crippen molar-refractivity contribution in [1.82, 2.24) is 10.6 Å². The highest BCUT2D eigenvalue weighted by Crippen LogP contribution is 2.15. The molecule has 1 atom stereocenters. The first kappa shape index (κ1) is 16.5. The summed E-state index contributed by atoms with van der Waals surface area (Å²) in [5, 5.41) is 6.49. The molecule has 0 heterocycles. The van der Waals surface area contributed by atoms with Crippen LogP contribution in [0, 0.1) is 5.82 Å². The molecule has 0 fully saturated rings. The zero-order chi connectivity index (χ0) is 15.9. The molecule has 0 saturated heterocycles. The predicted octanol–water partition coefficient (Wildman–Crippen LogP) is 3.45. The van der Waals surface area contributed by atoms with E-state index in [1.165, 1.54) is 6.07 Å². The Morgan fingerprint density at radius 3 is 2.55 bits per heavy atom. The van der Waals surface area contributed by atoms with Crippen molar-refractivity contribution in [1.29, 1.82) is 0 Å². The quantitative estimate of drug-likeness (QED) is 0.856. The Kier molecular flexibility index (Phi) is 5.92. The van der Waals surface area contributed by atoms with Gasteiger partial charge >= 0.3 is 0 Å². The van der Waals surface area contributed by atoms with Gasteiger partial charge in [-0.05, 0) is 30.7 Å². The van der Waals surface area contributed by atoms with E-state index >= 15 is 0 Å². The van der Waals surface area contributed by atoms with Gasteiger partial charge in [0.05, 0.1) is 6.54 Å². The lowest BCUT2D eigenvalue weighted by Gasteiger charge is -2.14. The molecule has 2 rings (SSSR count). The summed E-state index contributed by atoms with van der Waals surface area (Å²) in [6.07, 6.45) is 0. The molecule has 3 nitrogen and oxygen atoms in total. The molecular formula is C17H18ClFN2O. The number of hydrogen-bond donors (Lipinski definition) is 2.